The van der Waals surface area contributed by atoms with E-state index in [2.05, 4.69) is 41.4 Å². The molecule has 0 aliphatic carbocycles. The van der Waals surface area contributed by atoms with E-state index in [1.807, 2.05) is 23.6 Å². The number of amides is 3. The summed E-state index contributed by atoms with van der Waals surface area (Å²) in [5.41, 5.74) is 2.48. The van der Waals surface area contributed by atoms with Gasteiger partial charge in [-0.15, -0.1) is 0 Å². The van der Waals surface area contributed by atoms with Gasteiger partial charge >= 0.3 is 6.03 Å². The van der Waals surface area contributed by atoms with Gasteiger partial charge < -0.3 is 15.1 Å². The molecule has 6 nitrogen and oxygen atoms in total. The molecule has 2 saturated heterocycles. The topological polar surface area (TPSA) is 55.9 Å². The Morgan fingerprint density at radius 3 is 2.26 bits per heavy atom. The van der Waals surface area contributed by atoms with Crippen LogP contribution in [-0.2, 0) is 17.9 Å². The van der Waals surface area contributed by atoms with Gasteiger partial charge in [0.25, 0.3) is 0 Å². The van der Waals surface area contributed by atoms with Crippen LogP contribution in [0.3, 0.4) is 0 Å². The number of benzene rings is 1. The zero-order valence-electron chi connectivity index (χ0n) is 19.6. The molecular weight excluding hydrogens is 388 g/mol. The molecular formula is C25H40N4O2. The summed E-state index contributed by atoms with van der Waals surface area (Å²) in [5, 5.41) is 3.10. The van der Waals surface area contributed by atoms with E-state index in [9.17, 15) is 9.59 Å². The van der Waals surface area contributed by atoms with Crippen LogP contribution in [0.25, 0.3) is 0 Å². The van der Waals surface area contributed by atoms with Gasteiger partial charge in [-0.25, -0.2) is 4.79 Å². The summed E-state index contributed by atoms with van der Waals surface area (Å²) in [6.45, 7) is 13.1. The second kappa shape index (κ2) is 11.5. The largest absolute Gasteiger partial charge is 0.352 e. The minimum atomic E-state index is 0.00103. The van der Waals surface area contributed by atoms with Crippen LogP contribution in [0, 0.1) is 11.8 Å². The highest BCUT2D eigenvalue weighted by molar-refractivity contribution is 5.79. The normalized spacial score (nSPS) is 20.5. The number of nitrogens with one attached hydrogen (secondary N) is 1. The number of nitrogens with zero attached hydrogens (tertiary/aromatic N) is 3. The number of hydrogen-bond donors (Lipinski definition) is 1. The molecule has 1 aromatic rings. The minimum absolute atomic E-state index is 0.00103. The Morgan fingerprint density at radius 1 is 1.00 bits per heavy atom. The average molecular weight is 429 g/mol. The highest BCUT2D eigenvalue weighted by atomic mass is 16.2. The molecule has 2 aliphatic rings. The molecule has 3 rings (SSSR count). The molecule has 0 spiro atoms. The standard InChI is InChI=1S/C25H40N4O2/c1-4-28(5-2)25(31)29-15-12-23(13-16-29)24(30)26-17-21-8-10-22(11-9-21)19-27-14-6-7-20(3)18-27/h8-11,20,23H,4-7,12-19H2,1-3H3,(H,26,30). The van der Waals surface area contributed by atoms with Crippen molar-refractivity contribution in [2.45, 2.75) is 59.5 Å². The van der Waals surface area contributed by atoms with Gasteiger partial charge in [0.05, 0.1) is 0 Å². The molecule has 31 heavy (non-hydrogen) atoms. The fraction of sp³-hybridized carbons (Fsp3) is 0.680. The van der Waals surface area contributed by atoms with Crippen LogP contribution in [0.1, 0.15) is 57.6 Å². The van der Waals surface area contributed by atoms with E-state index in [0.717, 1.165) is 44.0 Å². The second-order valence-corrected chi connectivity index (χ2v) is 9.23. The molecule has 1 atom stereocenters. The maximum absolute atomic E-state index is 12.6. The molecule has 172 valence electrons. The van der Waals surface area contributed by atoms with Crippen molar-refractivity contribution in [3.63, 3.8) is 0 Å². The Morgan fingerprint density at radius 2 is 1.65 bits per heavy atom. The Labute approximate surface area is 188 Å². The van der Waals surface area contributed by atoms with Crippen molar-refractivity contribution in [2.75, 3.05) is 39.3 Å². The molecule has 0 aromatic heterocycles. The van der Waals surface area contributed by atoms with Gasteiger partial charge in [-0.2, -0.15) is 0 Å². The first kappa shape index (κ1) is 23.6. The van der Waals surface area contributed by atoms with Gasteiger partial charge in [0.15, 0.2) is 0 Å². The van der Waals surface area contributed by atoms with Crippen molar-refractivity contribution in [3.8, 4) is 0 Å². The second-order valence-electron chi connectivity index (χ2n) is 9.23. The summed E-state index contributed by atoms with van der Waals surface area (Å²) in [5.74, 6) is 0.910. The highest BCUT2D eigenvalue weighted by Crippen LogP contribution is 2.20. The molecule has 6 heteroatoms. The monoisotopic (exact) mass is 428 g/mol. The number of carbonyl (C=O) groups excluding carboxylic acids is 2. The van der Waals surface area contributed by atoms with Crippen molar-refractivity contribution in [2.24, 2.45) is 11.8 Å². The van der Waals surface area contributed by atoms with Gasteiger partial charge in [0.1, 0.15) is 0 Å². The van der Waals surface area contributed by atoms with E-state index >= 15 is 0 Å². The lowest BCUT2D eigenvalue weighted by Crippen LogP contribution is -2.48. The smallest absolute Gasteiger partial charge is 0.319 e. The highest BCUT2D eigenvalue weighted by Gasteiger charge is 2.28. The first-order valence-corrected chi connectivity index (χ1v) is 12.1. The lowest BCUT2D eigenvalue weighted by molar-refractivity contribution is -0.126. The molecule has 1 N–H and O–H groups in total. The molecule has 1 aromatic carbocycles. The maximum Gasteiger partial charge on any atom is 0.319 e. The summed E-state index contributed by atoms with van der Waals surface area (Å²) < 4.78 is 0. The first-order chi connectivity index (χ1) is 15.0. The molecule has 0 saturated carbocycles. The van der Waals surface area contributed by atoms with Crippen LogP contribution in [0.5, 0.6) is 0 Å². The van der Waals surface area contributed by atoms with E-state index in [0.29, 0.717) is 19.6 Å². The van der Waals surface area contributed by atoms with Crippen LogP contribution in [-0.4, -0.2) is 65.9 Å². The SMILES string of the molecule is CCN(CC)C(=O)N1CCC(C(=O)NCc2ccc(CN3CCCC(C)C3)cc2)CC1. The third kappa shape index (κ3) is 6.70. The lowest BCUT2D eigenvalue weighted by Gasteiger charge is -2.34. The first-order valence-electron chi connectivity index (χ1n) is 12.1. The number of likely N-dealkylation sites (tertiary alicyclic amines) is 2. The minimum Gasteiger partial charge on any atom is -0.352 e. The predicted octanol–water partition coefficient (Wildman–Crippen LogP) is 3.71. The Bertz CT molecular complexity index is 709. The van der Waals surface area contributed by atoms with Crippen molar-refractivity contribution in [3.05, 3.63) is 35.4 Å². The quantitative estimate of drug-likeness (QED) is 0.720. The average Bonchev–Trinajstić information content (AvgIpc) is 2.79. The van der Waals surface area contributed by atoms with E-state index in [-0.39, 0.29) is 17.9 Å². The Kier molecular flexibility index (Phi) is 8.76. The zero-order chi connectivity index (χ0) is 22.2. The molecule has 2 fully saturated rings. The van der Waals surface area contributed by atoms with Crippen molar-refractivity contribution >= 4 is 11.9 Å². The molecule has 3 amide bonds. The van der Waals surface area contributed by atoms with E-state index in [1.165, 1.54) is 31.5 Å². The molecule has 2 heterocycles. The fourth-order valence-corrected chi connectivity index (χ4v) is 4.81. The molecule has 0 bridgehead atoms. The summed E-state index contributed by atoms with van der Waals surface area (Å²) in [6, 6.07) is 8.75. The number of rotatable bonds is 7. The Hall–Kier alpha value is -2.08. The zero-order valence-corrected chi connectivity index (χ0v) is 19.6. The van der Waals surface area contributed by atoms with Gasteiger partial charge in [0, 0.05) is 51.7 Å². The fourth-order valence-electron chi connectivity index (χ4n) is 4.81. The van der Waals surface area contributed by atoms with Crippen LogP contribution in [0.4, 0.5) is 4.79 Å². The predicted molar refractivity (Wildman–Crippen MR) is 125 cm³/mol. The van der Waals surface area contributed by atoms with E-state index < -0.39 is 0 Å². The van der Waals surface area contributed by atoms with Gasteiger partial charge in [-0.05, 0) is 63.1 Å². The third-order valence-electron chi connectivity index (χ3n) is 6.81. The van der Waals surface area contributed by atoms with Crippen molar-refractivity contribution in [1.82, 2.24) is 20.0 Å². The van der Waals surface area contributed by atoms with E-state index in [4.69, 9.17) is 0 Å². The summed E-state index contributed by atoms with van der Waals surface area (Å²) in [4.78, 5) is 31.4. The van der Waals surface area contributed by atoms with Crippen LogP contribution in [0.15, 0.2) is 24.3 Å². The maximum atomic E-state index is 12.6. The van der Waals surface area contributed by atoms with E-state index in [1.54, 1.807) is 0 Å². The van der Waals surface area contributed by atoms with Gasteiger partial charge in [-0.1, -0.05) is 31.2 Å². The van der Waals surface area contributed by atoms with Gasteiger partial charge in [0.2, 0.25) is 5.91 Å². The lowest BCUT2D eigenvalue weighted by atomic mass is 9.96. The molecule has 1 unspecified atom stereocenters. The number of carbonyl (C=O) groups is 2. The summed E-state index contributed by atoms with van der Waals surface area (Å²) in [7, 11) is 0. The molecule has 0 radical (unpaired) electrons. The van der Waals surface area contributed by atoms with Gasteiger partial charge in [-0.3, -0.25) is 9.69 Å². The number of piperidine rings is 2. The van der Waals surface area contributed by atoms with Crippen molar-refractivity contribution in [1.29, 1.82) is 0 Å². The summed E-state index contributed by atoms with van der Waals surface area (Å²) >= 11 is 0. The summed E-state index contributed by atoms with van der Waals surface area (Å²) in [6.07, 6.45) is 4.13. The third-order valence-corrected chi connectivity index (χ3v) is 6.81. The Balaban J connectivity index is 1.40. The van der Waals surface area contributed by atoms with Crippen LogP contribution < -0.4 is 5.32 Å². The van der Waals surface area contributed by atoms with Crippen molar-refractivity contribution < 1.29 is 9.59 Å². The van der Waals surface area contributed by atoms with Crippen LogP contribution >= 0.6 is 0 Å². The number of hydrogen-bond acceptors (Lipinski definition) is 3. The van der Waals surface area contributed by atoms with Crippen LogP contribution in [0.2, 0.25) is 0 Å². The molecule has 2 aliphatic heterocycles. The number of urea groups is 1.